The predicted molar refractivity (Wildman–Crippen MR) is 109 cm³/mol. The molecule has 140 valence electrons. The van der Waals surface area contributed by atoms with Gasteiger partial charge in [-0.1, -0.05) is 55.6 Å². The molecule has 0 saturated heterocycles. The molecule has 1 rings (SSSR count). The molecule has 0 radical (unpaired) electrons. The van der Waals surface area contributed by atoms with E-state index in [0.717, 1.165) is 11.4 Å². The molecule has 1 unspecified atom stereocenters. The summed E-state index contributed by atoms with van der Waals surface area (Å²) in [5.41, 5.74) is 0.0890. The first-order chi connectivity index (χ1) is 11.4. The fourth-order valence-electron chi connectivity index (χ4n) is 1.65. The number of rotatable bonds is 5. The van der Waals surface area contributed by atoms with Crippen LogP contribution < -0.4 is 20.7 Å². The van der Waals surface area contributed by atoms with Gasteiger partial charge in [0.25, 0.3) is 0 Å². The fraction of sp³-hybridized carbons (Fsp3) is 0.500. The Bertz CT molecular complexity index is 598. The number of amides is 1. The number of halogens is 3. The van der Waals surface area contributed by atoms with Crippen molar-refractivity contribution >= 4 is 63.7 Å². The van der Waals surface area contributed by atoms with Gasteiger partial charge in [0.2, 0.25) is 9.70 Å². The van der Waals surface area contributed by atoms with Crippen molar-refractivity contribution in [3.05, 3.63) is 24.3 Å². The van der Waals surface area contributed by atoms with E-state index in [9.17, 15) is 4.79 Å². The molecule has 1 aromatic rings. The van der Waals surface area contributed by atoms with Crippen LogP contribution in [0.15, 0.2) is 24.3 Å². The van der Waals surface area contributed by atoms with E-state index >= 15 is 0 Å². The highest BCUT2D eigenvalue weighted by Gasteiger charge is 2.36. The van der Waals surface area contributed by atoms with Crippen LogP contribution in [0.4, 0.5) is 5.69 Å². The second-order valence-corrected chi connectivity index (χ2v) is 9.03. The Labute approximate surface area is 168 Å². The summed E-state index contributed by atoms with van der Waals surface area (Å²) in [6, 6.07) is 7.22. The zero-order valence-corrected chi connectivity index (χ0v) is 17.5. The lowest BCUT2D eigenvalue weighted by molar-refractivity contribution is -0.129. The second kappa shape index (κ2) is 9.12. The van der Waals surface area contributed by atoms with Gasteiger partial charge >= 0.3 is 0 Å². The van der Waals surface area contributed by atoms with Gasteiger partial charge in [0.1, 0.15) is 11.9 Å². The summed E-state index contributed by atoms with van der Waals surface area (Å²) in [6.45, 7) is 7.77. The molecule has 5 nitrogen and oxygen atoms in total. The van der Waals surface area contributed by atoms with E-state index in [4.69, 9.17) is 51.8 Å². The molecule has 1 aromatic carbocycles. The third kappa shape index (κ3) is 7.86. The Morgan fingerprint density at radius 3 is 2.16 bits per heavy atom. The summed E-state index contributed by atoms with van der Waals surface area (Å²) in [5, 5.41) is 8.62. The number of nitrogens with one attached hydrogen (secondary N) is 3. The van der Waals surface area contributed by atoms with Gasteiger partial charge in [-0.2, -0.15) is 0 Å². The van der Waals surface area contributed by atoms with E-state index in [1.807, 2.05) is 19.1 Å². The molecule has 0 saturated carbocycles. The van der Waals surface area contributed by atoms with Gasteiger partial charge < -0.3 is 20.7 Å². The molecule has 1 atom stereocenters. The van der Waals surface area contributed by atoms with E-state index in [-0.39, 0.29) is 11.0 Å². The Balaban J connectivity index is 2.73. The highest BCUT2D eigenvalue weighted by Crippen LogP contribution is 2.30. The van der Waals surface area contributed by atoms with E-state index in [1.165, 1.54) is 0 Å². The molecule has 0 aliphatic heterocycles. The van der Waals surface area contributed by atoms with Crippen molar-refractivity contribution in [1.82, 2.24) is 10.6 Å². The first-order valence-electron chi connectivity index (χ1n) is 7.61. The molecule has 0 fully saturated rings. The molecule has 0 bridgehead atoms. The van der Waals surface area contributed by atoms with Crippen molar-refractivity contribution < 1.29 is 9.53 Å². The first-order valence-corrected chi connectivity index (χ1v) is 9.15. The summed E-state index contributed by atoms with van der Waals surface area (Å²) >= 11 is 23.1. The quantitative estimate of drug-likeness (QED) is 0.373. The van der Waals surface area contributed by atoms with Crippen molar-refractivity contribution in [3.8, 4) is 5.75 Å². The number of alkyl halides is 3. The minimum atomic E-state index is -1.79. The number of hydrogen-bond donors (Lipinski definition) is 3. The Kier molecular flexibility index (Phi) is 8.06. The maximum atomic E-state index is 12.2. The van der Waals surface area contributed by atoms with Gasteiger partial charge in [-0.05, 0) is 43.4 Å². The summed E-state index contributed by atoms with van der Waals surface area (Å²) in [5.74, 6) is 0.476. The molecule has 25 heavy (non-hydrogen) atoms. The monoisotopic (exact) mass is 425 g/mol. The van der Waals surface area contributed by atoms with Crippen LogP contribution in [0.2, 0.25) is 0 Å². The highest BCUT2D eigenvalue weighted by molar-refractivity contribution is 7.80. The number of benzene rings is 1. The average molecular weight is 427 g/mol. The Hall–Kier alpha value is -0.950. The number of ether oxygens (including phenoxy) is 1. The van der Waals surface area contributed by atoms with Gasteiger partial charge in [0.05, 0.1) is 6.61 Å². The smallest absolute Gasteiger partial charge is 0.228 e. The maximum Gasteiger partial charge on any atom is 0.228 e. The van der Waals surface area contributed by atoms with E-state index in [2.05, 4.69) is 16.0 Å². The molecule has 9 heteroatoms. The van der Waals surface area contributed by atoms with Crippen molar-refractivity contribution in [2.24, 2.45) is 5.41 Å². The van der Waals surface area contributed by atoms with E-state index < -0.39 is 15.4 Å². The highest BCUT2D eigenvalue weighted by atomic mass is 35.6. The number of carbonyl (C=O) groups is 1. The van der Waals surface area contributed by atoms with Gasteiger partial charge in [0, 0.05) is 11.1 Å². The third-order valence-electron chi connectivity index (χ3n) is 2.98. The molecule has 0 aliphatic carbocycles. The SMILES string of the molecule is CCOc1ccc(NC(=S)NC(NC(=O)C(C)(C)C)C(Cl)(Cl)Cl)cc1. The molecule has 0 spiro atoms. The van der Waals surface area contributed by atoms with Crippen LogP contribution in [0.3, 0.4) is 0 Å². The predicted octanol–water partition coefficient (Wildman–Crippen LogP) is 4.23. The Morgan fingerprint density at radius 2 is 1.72 bits per heavy atom. The standard InChI is InChI=1S/C16H22Cl3N3O2S/c1-5-24-11-8-6-10(7-9-11)20-14(25)22-12(16(17,18)19)21-13(23)15(2,3)4/h6-9,12H,5H2,1-4H3,(H,21,23)(H2,20,22,25). The summed E-state index contributed by atoms with van der Waals surface area (Å²) in [6.07, 6.45) is -0.994. The van der Waals surface area contributed by atoms with E-state index in [0.29, 0.717) is 6.61 Å². The van der Waals surface area contributed by atoms with Crippen LogP contribution in [0, 0.1) is 5.41 Å². The van der Waals surface area contributed by atoms with Crippen LogP contribution in [-0.4, -0.2) is 27.6 Å². The van der Waals surface area contributed by atoms with Crippen LogP contribution >= 0.6 is 47.0 Å². The average Bonchev–Trinajstić information content (AvgIpc) is 2.47. The second-order valence-electron chi connectivity index (χ2n) is 6.25. The molecule has 0 aromatic heterocycles. The molecule has 1 amide bonds. The molecular formula is C16H22Cl3N3O2S. The van der Waals surface area contributed by atoms with Gasteiger partial charge in [0.15, 0.2) is 5.11 Å². The minimum Gasteiger partial charge on any atom is -0.494 e. The molecule has 0 heterocycles. The number of thiocarbonyl (C=S) groups is 1. The number of carbonyl (C=O) groups excluding carboxylic acids is 1. The molecule has 3 N–H and O–H groups in total. The van der Waals surface area contributed by atoms with Gasteiger partial charge in [-0.15, -0.1) is 0 Å². The van der Waals surface area contributed by atoms with Crippen LogP contribution in [-0.2, 0) is 4.79 Å². The number of hydrogen-bond acceptors (Lipinski definition) is 3. The topological polar surface area (TPSA) is 62.4 Å². The lowest BCUT2D eigenvalue weighted by Gasteiger charge is -2.30. The lowest BCUT2D eigenvalue weighted by Crippen LogP contribution is -2.58. The van der Waals surface area contributed by atoms with Crippen LogP contribution in [0.5, 0.6) is 5.75 Å². The van der Waals surface area contributed by atoms with Gasteiger partial charge in [-0.3, -0.25) is 4.79 Å². The summed E-state index contributed by atoms with van der Waals surface area (Å²) in [4.78, 5) is 12.2. The van der Waals surface area contributed by atoms with Crippen molar-refractivity contribution in [2.45, 2.75) is 37.7 Å². The van der Waals surface area contributed by atoms with Crippen LogP contribution in [0.1, 0.15) is 27.7 Å². The fourth-order valence-corrected chi connectivity index (χ4v) is 2.21. The van der Waals surface area contributed by atoms with Crippen molar-refractivity contribution in [3.63, 3.8) is 0 Å². The first kappa shape index (κ1) is 22.1. The molecule has 0 aliphatic rings. The minimum absolute atomic E-state index is 0.203. The lowest BCUT2D eigenvalue weighted by atomic mass is 9.95. The Morgan fingerprint density at radius 1 is 1.16 bits per heavy atom. The van der Waals surface area contributed by atoms with Crippen molar-refractivity contribution in [1.29, 1.82) is 0 Å². The summed E-state index contributed by atoms with van der Waals surface area (Å²) < 4.78 is 3.59. The maximum absolute atomic E-state index is 12.2. The molecular weight excluding hydrogens is 405 g/mol. The summed E-state index contributed by atoms with van der Waals surface area (Å²) in [7, 11) is 0. The third-order valence-corrected chi connectivity index (χ3v) is 3.86. The van der Waals surface area contributed by atoms with E-state index in [1.54, 1.807) is 32.9 Å². The normalized spacial score (nSPS) is 12.9. The van der Waals surface area contributed by atoms with Gasteiger partial charge in [-0.25, -0.2) is 0 Å². The largest absolute Gasteiger partial charge is 0.494 e. The zero-order valence-electron chi connectivity index (χ0n) is 14.5. The zero-order chi connectivity index (χ0) is 19.3. The number of anilines is 1. The van der Waals surface area contributed by atoms with Crippen LogP contribution in [0.25, 0.3) is 0 Å². The van der Waals surface area contributed by atoms with Crippen molar-refractivity contribution in [2.75, 3.05) is 11.9 Å².